The molecule has 0 saturated carbocycles. The molecular formula is C29H36N4. The highest BCUT2D eigenvalue weighted by atomic mass is 15.4. The van der Waals surface area contributed by atoms with Crippen molar-refractivity contribution in [2.24, 2.45) is 0 Å². The van der Waals surface area contributed by atoms with Crippen LogP contribution in [-0.4, -0.2) is 24.4 Å². The fourth-order valence-corrected chi connectivity index (χ4v) is 6.04. The van der Waals surface area contributed by atoms with Crippen molar-refractivity contribution in [1.29, 1.82) is 0 Å². The molecule has 0 fully saturated rings. The summed E-state index contributed by atoms with van der Waals surface area (Å²) >= 11 is 0. The van der Waals surface area contributed by atoms with Crippen molar-refractivity contribution < 1.29 is 0 Å². The average Bonchev–Trinajstić information content (AvgIpc) is 3.24. The molecule has 4 nitrogen and oxygen atoms in total. The molecule has 2 heterocycles. The lowest BCUT2D eigenvalue weighted by Gasteiger charge is -2.36. The van der Waals surface area contributed by atoms with Gasteiger partial charge in [0.2, 0.25) is 0 Å². The summed E-state index contributed by atoms with van der Waals surface area (Å²) in [6, 6.07) is 25.3. The SMILES string of the molecule is Cc1c(N2c3ccccc3N(C(C)C)[C@@H]2C)cccc1N1c2ccccc2N(C(C)C)[C@H]1C. The summed E-state index contributed by atoms with van der Waals surface area (Å²) in [4.78, 5) is 10.1. The van der Waals surface area contributed by atoms with Gasteiger partial charge in [0.15, 0.2) is 0 Å². The van der Waals surface area contributed by atoms with E-state index in [0.29, 0.717) is 12.1 Å². The van der Waals surface area contributed by atoms with Crippen molar-refractivity contribution in [2.75, 3.05) is 19.6 Å². The maximum Gasteiger partial charge on any atom is 0.104 e. The van der Waals surface area contributed by atoms with Crippen LogP contribution in [0.15, 0.2) is 66.7 Å². The molecule has 0 aromatic heterocycles. The van der Waals surface area contributed by atoms with Crippen LogP contribution in [0.1, 0.15) is 47.1 Å². The maximum absolute atomic E-state index is 2.52. The Morgan fingerprint density at radius 3 is 1.21 bits per heavy atom. The predicted octanol–water partition coefficient (Wildman–Crippen LogP) is 7.42. The Hall–Kier alpha value is -3.14. The highest BCUT2D eigenvalue weighted by Gasteiger charge is 2.38. The third-order valence-corrected chi connectivity index (χ3v) is 7.30. The lowest BCUT2D eigenvalue weighted by molar-refractivity contribution is 0.603. The number of fused-ring (bicyclic) bond motifs is 2. The number of nitrogens with zero attached hydrogens (tertiary/aromatic N) is 4. The first-order valence-corrected chi connectivity index (χ1v) is 12.3. The van der Waals surface area contributed by atoms with Crippen LogP contribution in [0.3, 0.4) is 0 Å². The number of benzene rings is 3. The zero-order valence-electron chi connectivity index (χ0n) is 20.9. The number of hydrogen-bond acceptors (Lipinski definition) is 4. The summed E-state index contributed by atoms with van der Waals surface area (Å²) in [6.07, 6.45) is 0.513. The topological polar surface area (TPSA) is 13.0 Å². The summed E-state index contributed by atoms with van der Waals surface area (Å²) in [6.45, 7) is 16.0. The summed E-state index contributed by atoms with van der Waals surface area (Å²) < 4.78 is 0. The minimum absolute atomic E-state index is 0.256. The third-order valence-electron chi connectivity index (χ3n) is 7.30. The zero-order chi connectivity index (χ0) is 23.4. The molecule has 3 aromatic carbocycles. The molecule has 2 aliphatic rings. The van der Waals surface area contributed by atoms with Crippen molar-refractivity contribution in [3.8, 4) is 0 Å². The Labute approximate surface area is 199 Å². The molecule has 172 valence electrons. The van der Waals surface area contributed by atoms with E-state index in [0.717, 1.165) is 0 Å². The number of para-hydroxylation sites is 4. The van der Waals surface area contributed by atoms with E-state index in [-0.39, 0.29) is 12.3 Å². The first-order valence-electron chi connectivity index (χ1n) is 12.3. The fourth-order valence-electron chi connectivity index (χ4n) is 6.04. The minimum atomic E-state index is 0.256. The largest absolute Gasteiger partial charge is 0.347 e. The maximum atomic E-state index is 2.52. The van der Waals surface area contributed by atoms with E-state index in [2.05, 4.69) is 135 Å². The average molecular weight is 441 g/mol. The van der Waals surface area contributed by atoms with Crippen molar-refractivity contribution in [2.45, 2.75) is 72.9 Å². The summed E-state index contributed by atoms with van der Waals surface area (Å²) in [7, 11) is 0. The van der Waals surface area contributed by atoms with Gasteiger partial charge in [0, 0.05) is 23.5 Å². The second-order valence-corrected chi connectivity index (χ2v) is 9.90. The molecule has 0 bridgehead atoms. The second-order valence-electron chi connectivity index (χ2n) is 9.90. The molecule has 3 aromatic rings. The Balaban J connectivity index is 1.64. The van der Waals surface area contributed by atoms with Crippen molar-refractivity contribution >= 4 is 34.1 Å². The molecule has 4 heteroatoms. The van der Waals surface area contributed by atoms with Crippen LogP contribution in [0.2, 0.25) is 0 Å². The monoisotopic (exact) mass is 440 g/mol. The molecule has 0 radical (unpaired) electrons. The number of anilines is 6. The molecule has 33 heavy (non-hydrogen) atoms. The normalized spacial score (nSPS) is 19.7. The molecule has 0 spiro atoms. The molecule has 5 rings (SSSR count). The smallest absolute Gasteiger partial charge is 0.104 e. The molecule has 0 N–H and O–H groups in total. The van der Waals surface area contributed by atoms with Gasteiger partial charge in [0.05, 0.1) is 22.7 Å². The molecule has 0 saturated heterocycles. The highest BCUT2D eigenvalue weighted by Crippen LogP contribution is 2.50. The second kappa shape index (κ2) is 8.02. The molecular weight excluding hydrogens is 404 g/mol. The quantitative estimate of drug-likeness (QED) is 0.418. The van der Waals surface area contributed by atoms with E-state index < -0.39 is 0 Å². The van der Waals surface area contributed by atoms with Crippen LogP contribution in [-0.2, 0) is 0 Å². The molecule has 0 aliphatic carbocycles. The number of hydrogen-bond donors (Lipinski definition) is 0. The van der Waals surface area contributed by atoms with Crippen molar-refractivity contribution in [1.82, 2.24) is 0 Å². The van der Waals surface area contributed by atoms with Gasteiger partial charge in [-0.2, -0.15) is 0 Å². The van der Waals surface area contributed by atoms with Crippen LogP contribution >= 0.6 is 0 Å². The summed E-state index contributed by atoms with van der Waals surface area (Å²) in [5, 5.41) is 0. The Bertz CT molecular complexity index is 1080. The van der Waals surface area contributed by atoms with Gasteiger partial charge < -0.3 is 19.6 Å². The van der Waals surface area contributed by atoms with Crippen LogP contribution in [0.4, 0.5) is 34.1 Å². The van der Waals surface area contributed by atoms with Gasteiger partial charge in [-0.05, 0) is 90.4 Å². The van der Waals surface area contributed by atoms with E-state index in [4.69, 9.17) is 0 Å². The van der Waals surface area contributed by atoms with Gasteiger partial charge in [-0.25, -0.2) is 0 Å². The van der Waals surface area contributed by atoms with Gasteiger partial charge >= 0.3 is 0 Å². The zero-order valence-corrected chi connectivity index (χ0v) is 20.9. The van der Waals surface area contributed by atoms with Gasteiger partial charge in [-0.15, -0.1) is 0 Å². The minimum Gasteiger partial charge on any atom is -0.347 e. The van der Waals surface area contributed by atoms with Gasteiger partial charge in [-0.1, -0.05) is 30.3 Å². The van der Waals surface area contributed by atoms with Crippen LogP contribution in [0.5, 0.6) is 0 Å². The predicted molar refractivity (Wildman–Crippen MR) is 142 cm³/mol. The molecule has 2 atom stereocenters. The standard InChI is InChI=1S/C29H36N4/c1-19(2)30-22(6)32(28-15-10-8-13-26(28)30)24-17-12-18-25(21(24)5)33-23(7)31(20(3)4)27-14-9-11-16-29(27)33/h8-20,22-23H,1-7H3/t22-,23+. The van der Waals surface area contributed by atoms with Crippen molar-refractivity contribution in [3.63, 3.8) is 0 Å². The first kappa shape index (κ1) is 21.7. The summed E-state index contributed by atoms with van der Waals surface area (Å²) in [5.74, 6) is 0. The molecule has 0 amide bonds. The van der Waals surface area contributed by atoms with Gasteiger partial charge in [0.1, 0.15) is 12.3 Å². The Kier molecular flexibility index (Phi) is 5.27. The first-order chi connectivity index (χ1) is 15.8. The van der Waals surface area contributed by atoms with E-state index in [1.165, 1.54) is 39.7 Å². The Morgan fingerprint density at radius 2 is 0.848 bits per heavy atom. The summed E-state index contributed by atoms with van der Waals surface area (Å²) in [5.41, 5.74) is 9.09. The van der Waals surface area contributed by atoms with E-state index >= 15 is 0 Å². The fraction of sp³-hybridized carbons (Fsp3) is 0.379. The van der Waals surface area contributed by atoms with E-state index in [1.807, 2.05) is 0 Å². The highest BCUT2D eigenvalue weighted by molar-refractivity contribution is 5.89. The van der Waals surface area contributed by atoms with Crippen LogP contribution in [0, 0.1) is 6.92 Å². The molecule has 2 aliphatic heterocycles. The van der Waals surface area contributed by atoms with Crippen LogP contribution < -0.4 is 19.6 Å². The Morgan fingerprint density at radius 1 is 0.515 bits per heavy atom. The van der Waals surface area contributed by atoms with E-state index in [1.54, 1.807) is 0 Å². The van der Waals surface area contributed by atoms with Crippen LogP contribution in [0.25, 0.3) is 0 Å². The van der Waals surface area contributed by atoms with Crippen molar-refractivity contribution in [3.05, 3.63) is 72.3 Å². The van der Waals surface area contributed by atoms with E-state index in [9.17, 15) is 0 Å². The molecule has 0 unspecified atom stereocenters. The number of rotatable bonds is 4. The lowest BCUT2D eigenvalue weighted by atomic mass is 10.1. The third kappa shape index (κ3) is 3.18. The van der Waals surface area contributed by atoms with Gasteiger partial charge in [0.25, 0.3) is 0 Å². The lowest BCUT2D eigenvalue weighted by Crippen LogP contribution is -2.43. The van der Waals surface area contributed by atoms with Gasteiger partial charge in [-0.3, -0.25) is 0 Å².